The smallest absolute Gasteiger partial charge is 0.0555 e. The number of hydrogen-bond acceptors (Lipinski definition) is 3. The lowest BCUT2D eigenvalue weighted by molar-refractivity contribution is 0.109. The lowest BCUT2D eigenvalue weighted by Crippen LogP contribution is -2.20. The van der Waals surface area contributed by atoms with Gasteiger partial charge in [0, 0.05) is 13.7 Å². The summed E-state index contributed by atoms with van der Waals surface area (Å²) in [6.45, 7) is 3.95. The van der Waals surface area contributed by atoms with Gasteiger partial charge in [-0.1, -0.05) is 0 Å². The van der Waals surface area contributed by atoms with E-state index in [4.69, 9.17) is 9.84 Å². The number of aliphatic hydroxyl groups is 1. The van der Waals surface area contributed by atoms with Crippen molar-refractivity contribution in [2.45, 2.75) is 25.9 Å². The molecule has 0 bridgehead atoms. The van der Waals surface area contributed by atoms with Crippen LogP contribution in [0.4, 0.5) is 0 Å². The van der Waals surface area contributed by atoms with Crippen LogP contribution in [0.1, 0.15) is 19.8 Å². The summed E-state index contributed by atoms with van der Waals surface area (Å²) in [4.78, 5) is 0. The Balaban J connectivity index is 2.89. The molecule has 0 rings (SSSR count). The lowest BCUT2D eigenvalue weighted by atomic mass is 10.2. The Kier molecular flexibility index (Phi) is 7.89. The van der Waals surface area contributed by atoms with Gasteiger partial charge < -0.3 is 15.2 Å². The molecule has 0 aliphatic heterocycles. The van der Waals surface area contributed by atoms with E-state index in [1.807, 2.05) is 0 Å². The number of hydrogen-bond donors (Lipinski definition) is 2. The molecule has 0 saturated carbocycles. The SMILES string of the molecule is COC(C)CCCNCCO. The number of nitrogens with one attached hydrogen (secondary N) is 1. The first-order chi connectivity index (χ1) is 5.31. The molecule has 0 aromatic rings. The topological polar surface area (TPSA) is 41.5 Å². The highest BCUT2D eigenvalue weighted by atomic mass is 16.5. The van der Waals surface area contributed by atoms with Gasteiger partial charge in [-0.3, -0.25) is 0 Å². The molecule has 0 heterocycles. The maximum Gasteiger partial charge on any atom is 0.0555 e. The lowest BCUT2D eigenvalue weighted by Gasteiger charge is -2.08. The first-order valence-corrected chi connectivity index (χ1v) is 4.15. The molecule has 1 atom stereocenters. The zero-order valence-corrected chi connectivity index (χ0v) is 7.47. The molecule has 0 aromatic carbocycles. The van der Waals surface area contributed by atoms with Crippen molar-refractivity contribution in [2.75, 3.05) is 26.8 Å². The summed E-state index contributed by atoms with van der Waals surface area (Å²) in [7, 11) is 1.73. The van der Waals surface area contributed by atoms with Crippen LogP contribution >= 0.6 is 0 Å². The summed E-state index contributed by atoms with van der Waals surface area (Å²) >= 11 is 0. The highest BCUT2D eigenvalue weighted by Crippen LogP contribution is 1.97. The largest absolute Gasteiger partial charge is 0.395 e. The van der Waals surface area contributed by atoms with Crippen molar-refractivity contribution < 1.29 is 9.84 Å². The van der Waals surface area contributed by atoms with Crippen molar-refractivity contribution >= 4 is 0 Å². The Morgan fingerprint density at radius 1 is 1.45 bits per heavy atom. The van der Waals surface area contributed by atoms with Gasteiger partial charge in [0.25, 0.3) is 0 Å². The van der Waals surface area contributed by atoms with E-state index in [2.05, 4.69) is 12.2 Å². The minimum absolute atomic E-state index is 0.222. The van der Waals surface area contributed by atoms with Crippen molar-refractivity contribution in [3.63, 3.8) is 0 Å². The molecule has 0 spiro atoms. The molecule has 68 valence electrons. The third kappa shape index (κ3) is 7.78. The van der Waals surface area contributed by atoms with Gasteiger partial charge in [-0.25, -0.2) is 0 Å². The predicted molar refractivity (Wildman–Crippen MR) is 45.7 cm³/mol. The number of aliphatic hydroxyl groups excluding tert-OH is 1. The number of ether oxygens (including phenoxy) is 1. The maximum atomic E-state index is 8.43. The molecule has 11 heavy (non-hydrogen) atoms. The Bertz CT molecular complexity index is 78.5. The molecular formula is C8H19NO2. The molecule has 0 amide bonds. The van der Waals surface area contributed by atoms with Crippen LogP contribution in [0, 0.1) is 0 Å². The van der Waals surface area contributed by atoms with Crippen LogP contribution in [0.15, 0.2) is 0 Å². The van der Waals surface area contributed by atoms with E-state index in [1.54, 1.807) is 7.11 Å². The molecule has 3 nitrogen and oxygen atoms in total. The second-order valence-electron chi connectivity index (χ2n) is 2.66. The zero-order valence-electron chi connectivity index (χ0n) is 7.47. The van der Waals surface area contributed by atoms with E-state index < -0.39 is 0 Å². The average molecular weight is 161 g/mol. The van der Waals surface area contributed by atoms with E-state index >= 15 is 0 Å². The molecule has 0 saturated heterocycles. The third-order valence-electron chi connectivity index (χ3n) is 1.66. The normalized spacial score (nSPS) is 13.4. The predicted octanol–water partition coefficient (Wildman–Crippen LogP) is 0.383. The van der Waals surface area contributed by atoms with Crippen LogP contribution in [-0.2, 0) is 4.74 Å². The minimum atomic E-state index is 0.222. The molecule has 0 aliphatic carbocycles. The molecule has 3 heteroatoms. The molecular weight excluding hydrogens is 142 g/mol. The van der Waals surface area contributed by atoms with Crippen LogP contribution < -0.4 is 5.32 Å². The van der Waals surface area contributed by atoms with E-state index in [0.717, 1.165) is 19.4 Å². The fourth-order valence-electron chi connectivity index (χ4n) is 0.836. The van der Waals surface area contributed by atoms with Gasteiger partial charge >= 0.3 is 0 Å². The Morgan fingerprint density at radius 3 is 2.73 bits per heavy atom. The highest BCUT2D eigenvalue weighted by Gasteiger charge is 1.97. The summed E-state index contributed by atoms with van der Waals surface area (Å²) in [5, 5.41) is 11.5. The Hall–Kier alpha value is -0.120. The van der Waals surface area contributed by atoms with Gasteiger partial charge in [0.1, 0.15) is 0 Å². The van der Waals surface area contributed by atoms with Crippen molar-refractivity contribution in [3.05, 3.63) is 0 Å². The Labute approximate surface area is 68.8 Å². The molecule has 1 unspecified atom stereocenters. The van der Waals surface area contributed by atoms with Crippen molar-refractivity contribution in [2.24, 2.45) is 0 Å². The van der Waals surface area contributed by atoms with E-state index in [9.17, 15) is 0 Å². The second-order valence-corrected chi connectivity index (χ2v) is 2.66. The summed E-state index contributed by atoms with van der Waals surface area (Å²) in [5.74, 6) is 0. The van der Waals surface area contributed by atoms with Crippen molar-refractivity contribution in [1.29, 1.82) is 0 Å². The van der Waals surface area contributed by atoms with Crippen LogP contribution in [0.25, 0.3) is 0 Å². The second kappa shape index (κ2) is 7.98. The Morgan fingerprint density at radius 2 is 2.18 bits per heavy atom. The van der Waals surface area contributed by atoms with E-state index in [1.165, 1.54) is 0 Å². The molecule has 0 aromatic heterocycles. The summed E-state index contributed by atoms with van der Waals surface area (Å²) in [5.41, 5.74) is 0. The maximum absolute atomic E-state index is 8.43. The minimum Gasteiger partial charge on any atom is -0.395 e. The van der Waals surface area contributed by atoms with Crippen LogP contribution in [0.5, 0.6) is 0 Å². The summed E-state index contributed by atoms with van der Waals surface area (Å²) < 4.78 is 5.08. The monoisotopic (exact) mass is 161 g/mol. The summed E-state index contributed by atoms with van der Waals surface area (Å²) in [6.07, 6.45) is 2.54. The van der Waals surface area contributed by atoms with Crippen molar-refractivity contribution in [3.8, 4) is 0 Å². The van der Waals surface area contributed by atoms with Gasteiger partial charge in [-0.05, 0) is 26.3 Å². The van der Waals surface area contributed by atoms with Crippen LogP contribution in [0.3, 0.4) is 0 Å². The van der Waals surface area contributed by atoms with Gasteiger partial charge in [0.15, 0.2) is 0 Å². The average Bonchev–Trinajstić information content (AvgIpc) is 2.04. The summed E-state index contributed by atoms with van der Waals surface area (Å²) in [6, 6.07) is 0. The van der Waals surface area contributed by atoms with Gasteiger partial charge in [-0.15, -0.1) is 0 Å². The van der Waals surface area contributed by atoms with Gasteiger partial charge in [-0.2, -0.15) is 0 Å². The highest BCUT2D eigenvalue weighted by molar-refractivity contribution is 4.52. The fraction of sp³-hybridized carbons (Fsp3) is 1.00. The first kappa shape index (κ1) is 10.9. The number of methoxy groups -OCH3 is 1. The van der Waals surface area contributed by atoms with Crippen LogP contribution in [0.2, 0.25) is 0 Å². The number of rotatable bonds is 7. The van der Waals surface area contributed by atoms with Gasteiger partial charge in [0.05, 0.1) is 12.7 Å². The van der Waals surface area contributed by atoms with Crippen LogP contribution in [-0.4, -0.2) is 38.0 Å². The fourth-order valence-corrected chi connectivity index (χ4v) is 0.836. The third-order valence-corrected chi connectivity index (χ3v) is 1.66. The first-order valence-electron chi connectivity index (χ1n) is 4.15. The molecule has 2 N–H and O–H groups in total. The molecule has 0 fully saturated rings. The van der Waals surface area contributed by atoms with Crippen molar-refractivity contribution in [1.82, 2.24) is 5.32 Å². The quantitative estimate of drug-likeness (QED) is 0.530. The standard InChI is InChI=1S/C8H19NO2/c1-8(11-2)4-3-5-9-6-7-10/h8-10H,3-7H2,1-2H3. The van der Waals surface area contributed by atoms with E-state index in [-0.39, 0.29) is 6.61 Å². The molecule has 0 aliphatic rings. The van der Waals surface area contributed by atoms with Gasteiger partial charge in [0.2, 0.25) is 0 Å². The van der Waals surface area contributed by atoms with E-state index in [0.29, 0.717) is 12.6 Å². The zero-order chi connectivity index (χ0) is 8.53. The molecule has 0 radical (unpaired) electrons.